The van der Waals surface area contributed by atoms with Gasteiger partial charge in [-0.25, -0.2) is 9.78 Å². The predicted octanol–water partition coefficient (Wildman–Crippen LogP) is 4.84. The van der Waals surface area contributed by atoms with Gasteiger partial charge in [0, 0.05) is 6.07 Å². The first-order valence-electron chi connectivity index (χ1n) is 9.96. The van der Waals surface area contributed by atoms with E-state index in [0.717, 1.165) is 35.2 Å². The molecular weight excluding hydrogens is 400 g/mol. The van der Waals surface area contributed by atoms with Gasteiger partial charge in [0.2, 0.25) is 0 Å². The Hall–Kier alpha value is -3.19. The zero-order chi connectivity index (χ0) is 20.9. The second kappa shape index (κ2) is 9.09. The van der Waals surface area contributed by atoms with Crippen LogP contribution in [0.3, 0.4) is 0 Å². The minimum Gasteiger partial charge on any atom is -0.494 e. The standard InChI is InChI=1S/C23H22N2O4S/c1-2-3-6-13-28-18-11-9-16(10-12-18)22(27)29-15-17-14-21(26)25-19-7-4-5-8-20(19)30-23(25)24-17/h4-5,7-12,14H,2-3,6,13,15H2,1H3. The fraction of sp³-hybridized carbons (Fsp3) is 0.261. The fourth-order valence-electron chi connectivity index (χ4n) is 3.15. The van der Waals surface area contributed by atoms with Gasteiger partial charge in [0.1, 0.15) is 12.4 Å². The van der Waals surface area contributed by atoms with Crippen molar-refractivity contribution in [2.24, 2.45) is 0 Å². The largest absolute Gasteiger partial charge is 0.494 e. The first-order chi connectivity index (χ1) is 14.7. The number of thiazole rings is 1. The summed E-state index contributed by atoms with van der Waals surface area (Å²) >= 11 is 1.43. The minimum absolute atomic E-state index is 0.0614. The van der Waals surface area contributed by atoms with Crippen LogP contribution in [-0.2, 0) is 11.3 Å². The molecule has 0 bridgehead atoms. The topological polar surface area (TPSA) is 69.9 Å². The minimum atomic E-state index is -0.467. The van der Waals surface area contributed by atoms with Crippen molar-refractivity contribution in [1.29, 1.82) is 0 Å². The molecule has 154 valence electrons. The van der Waals surface area contributed by atoms with E-state index >= 15 is 0 Å². The van der Waals surface area contributed by atoms with E-state index in [-0.39, 0.29) is 12.2 Å². The number of benzene rings is 2. The molecule has 0 aliphatic carbocycles. The van der Waals surface area contributed by atoms with Crippen LogP contribution in [0, 0.1) is 0 Å². The smallest absolute Gasteiger partial charge is 0.338 e. The van der Waals surface area contributed by atoms with Crippen molar-refractivity contribution in [1.82, 2.24) is 9.38 Å². The monoisotopic (exact) mass is 422 g/mol. The molecule has 0 aliphatic heterocycles. The molecule has 0 fully saturated rings. The summed E-state index contributed by atoms with van der Waals surface area (Å²) in [5, 5.41) is 0. The Kier molecular flexibility index (Phi) is 6.09. The first-order valence-corrected chi connectivity index (χ1v) is 10.8. The van der Waals surface area contributed by atoms with Crippen LogP contribution in [0.15, 0.2) is 59.4 Å². The fourth-order valence-corrected chi connectivity index (χ4v) is 4.20. The van der Waals surface area contributed by atoms with Gasteiger partial charge in [-0.05, 0) is 42.8 Å². The SMILES string of the molecule is CCCCCOc1ccc(C(=O)OCc2cc(=O)n3c(n2)sc2ccccc23)cc1. The van der Waals surface area contributed by atoms with Gasteiger partial charge < -0.3 is 9.47 Å². The lowest BCUT2D eigenvalue weighted by atomic mass is 10.2. The lowest BCUT2D eigenvalue weighted by Gasteiger charge is -2.07. The van der Waals surface area contributed by atoms with E-state index in [1.54, 1.807) is 28.7 Å². The van der Waals surface area contributed by atoms with E-state index in [1.807, 2.05) is 24.3 Å². The van der Waals surface area contributed by atoms with Gasteiger partial charge in [-0.2, -0.15) is 0 Å². The number of carbonyl (C=O) groups is 1. The van der Waals surface area contributed by atoms with E-state index in [2.05, 4.69) is 11.9 Å². The average molecular weight is 423 g/mol. The Balaban J connectivity index is 1.41. The number of ether oxygens (including phenoxy) is 2. The predicted molar refractivity (Wildman–Crippen MR) is 117 cm³/mol. The van der Waals surface area contributed by atoms with E-state index < -0.39 is 5.97 Å². The van der Waals surface area contributed by atoms with Crippen LogP contribution >= 0.6 is 11.3 Å². The second-order valence-corrected chi connectivity index (χ2v) is 7.94. The van der Waals surface area contributed by atoms with Gasteiger partial charge in [-0.3, -0.25) is 9.20 Å². The summed E-state index contributed by atoms with van der Waals surface area (Å²) in [4.78, 5) is 29.9. The number of para-hydroxylation sites is 1. The highest BCUT2D eigenvalue weighted by Gasteiger charge is 2.12. The number of carbonyl (C=O) groups excluding carboxylic acids is 1. The maximum Gasteiger partial charge on any atom is 0.338 e. The summed E-state index contributed by atoms with van der Waals surface area (Å²) in [6.07, 6.45) is 3.29. The van der Waals surface area contributed by atoms with Crippen molar-refractivity contribution in [3.05, 3.63) is 76.2 Å². The van der Waals surface area contributed by atoms with Crippen LogP contribution in [0.5, 0.6) is 5.75 Å². The molecule has 4 aromatic rings. The van der Waals surface area contributed by atoms with Crippen LogP contribution in [0.4, 0.5) is 0 Å². The summed E-state index contributed by atoms with van der Waals surface area (Å²) in [7, 11) is 0. The third-order valence-electron chi connectivity index (χ3n) is 4.71. The van der Waals surface area contributed by atoms with Gasteiger partial charge in [0.15, 0.2) is 4.96 Å². The quantitative estimate of drug-likeness (QED) is 0.300. The molecule has 0 aliphatic rings. The zero-order valence-corrected chi connectivity index (χ0v) is 17.5. The van der Waals surface area contributed by atoms with Gasteiger partial charge in [-0.1, -0.05) is 43.2 Å². The number of fused-ring (bicyclic) bond motifs is 3. The number of hydrogen-bond donors (Lipinski definition) is 0. The number of unbranched alkanes of at least 4 members (excludes halogenated alkanes) is 2. The molecule has 0 amide bonds. The highest BCUT2D eigenvalue weighted by atomic mass is 32.1. The van der Waals surface area contributed by atoms with E-state index in [9.17, 15) is 9.59 Å². The van der Waals surface area contributed by atoms with Crippen molar-refractivity contribution in [2.75, 3.05) is 6.61 Å². The lowest BCUT2D eigenvalue weighted by molar-refractivity contribution is 0.0467. The molecule has 0 unspecified atom stereocenters. The Bertz CT molecular complexity index is 1230. The van der Waals surface area contributed by atoms with Crippen LogP contribution in [0.2, 0.25) is 0 Å². The second-order valence-electron chi connectivity index (χ2n) is 6.93. The molecule has 0 atom stereocenters. The summed E-state index contributed by atoms with van der Waals surface area (Å²) in [6.45, 7) is 2.75. The Morgan fingerprint density at radius 2 is 1.90 bits per heavy atom. The normalized spacial score (nSPS) is 11.1. The van der Waals surface area contributed by atoms with Crippen molar-refractivity contribution >= 4 is 32.5 Å². The Morgan fingerprint density at radius 3 is 2.70 bits per heavy atom. The van der Waals surface area contributed by atoms with Crippen molar-refractivity contribution in [3.8, 4) is 5.75 Å². The van der Waals surface area contributed by atoms with Crippen LogP contribution < -0.4 is 10.3 Å². The van der Waals surface area contributed by atoms with E-state index in [1.165, 1.54) is 17.4 Å². The zero-order valence-electron chi connectivity index (χ0n) is 16.7. The van der Waals surface area contributed by atoms with Crippen LogP contribution in [-0.4, -0.2) is 22.0 Å². The summed E-state index contributed by atoms with van der Waals surface area (Å²) < 4.78 is 13.6. The van der Waals surface area contributed by atoms with Gasteiger partial charge in [-0.15, -0.1) is 0 Å². The third kappa shape index (κ3) is 4.36. The van der Waals surface area contributed by atoms with Crippen LogP contribution in [0.1, 0.15) is 42.2 Å². The van der Waals surface area contributed by atoms with Gasteiger partial charge in [0.05, 0.1) is 28.1 Å². The van der Waals surface area contributed by atoms with Gasteiger partial charge in [0.25, 0.3) is 5.56 Å². The molecule has 7 heteroatoms. The maximum absolute atomic E-state index is 12.5. The Labute approximate surface area is 177 Å². The van der Waals surface area contributed by atoms with E-state index in [0.29, 0.717) is 22.8 Å². The summed E-state index contributed by atoms with van der Waals surface area (Å²) in [6, 6.07) is 15.9. The number of hydrogen-bond acceptors (Lipinski definition) is 6. The van der Waals surface area contributed by atoms with Crippen molar-refractivity contribution in [3.63, 3.8) is 0 Å². The van der Waals surface area contributed by atoms with Crippen molar-refractivity contribution < 1.29 is 14.3 Å². The molecule has 2 aromatic heterocycles. The van der Waals surface area contributed by atoms with Crippen LogP contribution in [0.25, 0.3) is 15.2 Å². The number of rotatable bonds is 8. The molecule has 30 heavy (non-hydrogen) atoms. The molecular formula is C23H22N2O4S. The molecule has 0 N–H and O–H groups in total. The molecule has 2 heterocycles. The molecule has 4 rings (SSSR count). The molecule has 0 radical (unpaired) electrons. The average Bonchev–Trinajstić information content (AvgIpc) is 3.14. The van der Waals surface area contributed by atoms with E-state index in [4.69, 9.17) is 9.47 Å². The first kappa shape index (κ1) is 20.1. The third-order valence-corrected chi connectivity index (χ3v) is 5.73. The Morgan fingerprint density at radius 1 is 1.10 bits per heavy atom. The maximum atomic E-state index is 12.5. The molecule has 0 saturated heterocycles. The number of nitrogens with zero attached hydrogens (tertiary/aromatic N) is 2. The number of aromatic nitrogens is 2. The van der Waals surface area contributed by atoms with Gasteiger partial charge >= 0.3 is 5.97 Å². The lowest BCUT2D eigenvalue weighted by Crippen LogP contribution is -2.15. The molecule has 0 saturated carbocycles. The molecule has 6 nitrogen and oxygen atoms in total. The molecule has 2 aromatic carbocycles. The van der Waals surface area contributed by atoms with Crippen molar-refractivity contribution in [2.45, 2.75) is 32.8 Å². The molecule has 0 spiro atoms. The highest BCUT2D eigenvalue weighted by Crippen LogP contribution is 2.23. The summed E-state index contributed by atoms with van der Waals surface area (Å²) in [5.41, 5.74) is 1.50. The number of esters is 1. The highest BCUT2D eigenvalue weighted by molar-refractivity contribution is 7.23. The summed E-state index contributed by atoms with van der Waals surface area (Å²) in [5.74, 6) is 0.262.